The highest BCUT2D eigenvalue weighted by Crippen LogP contribution is 2.32. The van der Waals surface area contributed by atoms with Gasteiger partial charge in [-0.15, -0.1) is 0 Å². The van der Waals surface area contributed by atoms with Crippen molar-refractivity contribution in [3.8, 4) is 11.5 Å². The van der Waals surface area contributed by atoms with Gasteiger partial charge in [0.1, 0.15) is 6.61 Å². The molecule has 0 aliphatic rings. The molecule has 37 heavy (non-hydrogen) atoms. The van der Waals surface area contributed by atoms with E-state index >= 15 is 0 Å². The second kappa shape index (κ2) is 12.5. The number of carbonyl (C=O) groups excluding carboxylic acids is 1. The van der Waals surface area contributed by atoms with E-state index in [9.17, 15) is 4.79 Å². The van der Waals surface area contributed by atoms with Crippen molar-refractivity contribution in [3.63, 3.8) is 0 Å². The first-order valence-corrected chi connectivity index (χ1v) is 12.6. The molecule has 0 bridgehead atoms. The number of nitrogens with zero attached hydrogens (tertiary/aromatic N) is 1. The molecule has 0 heterocycles. The molecular formula is C30H28Cl2N2O3. The summed E-state index contributed by atoms with van der Waals surface area (Å²) < 4.78 is 11.6. The van der Waals surface area contributed by atoms with Crippen LogP contribution >= 0.6 is 23.2 Å². The number of hydrogen-bond donors (Lipinski definition) is 1. The average Bonchev–Trinajstić information content (AvgIpc) is 2.93. The average molecular weight is 535 g/mol. The third-order valence-corrected chi connectivity index (χ3v) is 6.74. The van der Waals surface area contributed by atoms with E-state index in [1.165, 1.54) is 0 Å². The molecule has 0 saturated heterocycles. The summed E-state index contributed by atoms with van der Waals surface area (Å²) in [6, 6.07) is 30.1. The van der Waals surface area contributed by atoms with Crippen molar-refractivity contribution in [2.45, 2.75) is 26.1 Å². The molecule has 1 unspecified atom stereocenters. The lowest BCUT2D eigenvalue weighted by Gasteiger charge is -2.30. The molecule has 5 nitrogen and oxygen atoms in total. The van der Waals surface area contributed by atoms with Gasteiger partial charge in [0.15, 0.2) is 11.5 Å². The summed E-state index contributed by atoms with van der Waals surface area (Å²) in [5, 5.41) is 3.75. The number of urea groups is 1. The minimum Gasteiger partial charge on any atom is -0.493 e. The van der Waals surface area contributed by atoms with Crippen molar-refractivity contribution in [1.29, 1.82) is 0 Å². The first-order valence-electron chi connectivity index (χ1n) is 11.9. The fraction of sp³-hybridized carbons (Fsp3) is 0.167. The summed E-state index contributed by atoms with van der Waals surface area (Å²) in [6.45, 7) is 2.75. The van der Waals surface area contributed by atoms with Crippen molar-refractivity contribution >= 4 is 34.9 Å². The molecule has 4 aromatic rings. The maximum atomic E-state index is 13.5. The van der Waals surface area contributed by atoms with Gasteiger partial charge in [-0.05, 0) is 53.9 Å². The lowest BCUT2D eigenvalue weighted by molar-refractivity contribution is 0.189. The Labute approximate surface area is 227 Å². The van der Waals surface area contributed by atoms with Crippen molar-refractivity contribution in [2.75, 3.05) is 12.4 Å². The van der Waals surface area contributed by atoms with E-state index in [2.05, 4.69) is 5.32 Å². The van der Waals surface area contributed by atoms with Gasteiger partial charge < -0.3 is 19.7 Å². The smallest absolute Gasteiger partial charge is 0.322 e. The van der Waals surface area contributed by atoms with E-state index in [0.29, 0.717) is 40.4 Å². The predicted molar refractivity (Wildman–Crippen MR) is 150 cm³/mol. The summed E-state index contributed by atoms with van der Waals surface area (Å²) in [6.07, 6.45) is 0. The molecule has 190 valence electrons. The minimum atomic E-state index is -0.266. The van der Waals surface area contributed by atoms with Crippen LogP contribution in [0.2, 0.25) is 10.0 Å². The maximum absolute atomic E-state index is 13.5. The van der Waals surface area contributed by atoms with Crippen LogP contribution in [0, 0.1) is 0 Å². The lowest BCUT2D eigenvalue weighted by atomic mass is 10.1. The first kappa shape index (κ1) is 26.4. The number of ether oxygens (including phenoxy) is 2. The SMILES string of the molecule is COc1ccc(CN(C(=O)Nc2ccc(Cl)c(Cl)c2)C(C)c2ccccc2)cc1OCc1ccccc1. The molecule has 0 spiro atoms. The molecule has 0 fully saturated rings. The molecule has 0 aromatic heterocycles. The van der Waals surface area contributed by atoms with Crippen molar-refractivity contribution in [2.24, 2.45) is 0 Å². The number of halogens is 2. The topological polar surface area (TPSA) is 50.8 Å². The van der Waals surface area contributed by atoms with Crippen molar-refractivity contribution in [3.05, 3.63) is 124 Å². The summed E-state index contributed by atoms with van der Waals surface area (Å²) in [4.78, 5) is 15.3. The second-order valence-electron chi connectivity index (χ2n) is 8.53. The van der Waals surface area contributed by atoms with Crippen molar-refractivity contribution < 1.29 is 14.3 Å². The zero-order valence-corrected chi connectivity index (χ0v) is 22.2. The number of hydrogen-bond acceptors (Lipinski definition) is 3. The molecule has 4 aromatic carbocycles. The Morgan fingerprint density at radius 2 is 1.54 bits per heavy atom. The van der Waals surface area contributed by atoms with Gasteiger partial charge in [0.25, 0.3) is 0 Å². The summed E-state index contributed by atoms with van der Waals surface area (Å²) in [7, 11) is 1.61. The van der Waals surface area contributed by atoms with Crippen LogP contribution in [-0.2, 0) is 13.2 Å². The third-order valence-electron chi connectivity index (χ3n) is 6.00. The normalized spacial score (nSPS) is 11.5. The quantitative estimate of drug-likeness (QED) is 0.234. The van der Waals surface area contributed by atoms with E-state index in [4.69, 9.17) is 32.7 Å². The van der Waals surface area contributed by atoms with Gasteiger partial charge in [0, 0.05) is 12.2 Å². The second-order valence-corrected chi connectivity index (χ2v) is 9.35. The zero-order valence-electron chi connectivity index (χ0n) is 20.7. The maximum Gasteiger partial charge on any atom is 0.322 e. The van der Waals surface area contributed by atoms with Gasteiger partial charge in [0.05, 0.1) is 23.2 Å². The number of rotatable bonds is 9. The van der Waals surface area contributed by atoms with Crippen LogP contribution in [0.3, 0.4) is 0 Å². The van der Waals surface area contributed by atoms with E-state index < -0.39 is 0 Å². The Balaban J connectivity index is 1.59. The van der Waals surface area contributed by atoms with Crippen LogP contribution in [0.25, 0.3) is 0 Å². The van der Waals surface area contributed by atoms with Gasteiger partial charge in [-0.2, -0.15) is 0 Å². The largest absolute Gasteiger partial charge is 0.493 e. The molecule has 0 aliphatic heterocycles. The Kier molecular flexibility index (Phi) is 8.94. The van der Waals surface area contributed by atoms with Crippen molar-refractivity contribution in [1.82, 2.24) is 4.90 Å². The molecule has 0 radical (unpaired) electrons. The fourth-order valence-corrected chi connectivity index (χ4v) is 4.23. The van der Waals surface area contributed by atoms with Gasteiger partial charge >= 0.3 is 6.03 Å². The van der Waals surface area contributed by atoms with Crippen LogP contribution in [0.4, 0.5) is 10.5 Å². The monoisotopic (exact) mass is 534 g/mol. The highest BCUT2D eigenvalue weighted by Gasteiger charge is 2.23. The molecule has 7 heteroatoms. The molecular weight excluding hydrogens is 507 g/mol. The zero-order chi connectivity index (χ0) is 26.2. The standard InChI is InChI=1S/C30H28Cl2N2O3/c1-21(24-11-7-4-8-12-24)34(30(35)33-25-14-15-26(31)27(32)18-25)19-23-13-16-28(36-2)29(17-23)37-20-22-9-5-3-6-10-22/h3-18,21H,19-20H2,1-2H3,(H,33,35). The van der Waals surface area contributed by atoms with Crippen LogP contribution in [0.1, 0.15) is 29.7 Å². The Morgan fingerprint density at radius 1 is 0.838 bits per heavy atom. The molecule has 1 N–H and O–H groups in total. The van der Waals surface area contributed by atoms with Crippen LogP contribution < -0.4 is 14.8 Å². The molecule has 4 rings (SSSR count). The Morgan fingerprint density at radius 3 is 2.22 bits per heavy atom. The van der Waals surface area contributed by atoms with E-state index in [1.54, 1.807) is 30.2 Å². The summed E-state index contributed by atoms with van der Waals surface area (Å²) in [5.41, 5.74) is 3.53. The summed E-state index contributed by atoms with van der Waals surface area (Å²) in [5.74, 6) is 1.24. The molecule has 2 amide bonds. The first-order chi connectivity index (χ1) is 17.9. The highest BCUT2D eigenvalue weighted by molar-refractivity contribution is 6.42. The molecule has 1 atom stereocenters. The number of amides is 2. The summed E-state index contributed by atoms with van der Waals surface area (Å²) >= 11 is 12.2. The predicted octanol–water partition coefficient (Wildman–Crippen LogP) is 8.38. The van der Waals surface area contributed by atoms with E-state index in [-0.39, 0.29) is 12.1 Å². The van der Waals surface area contributed by atoms with E-state index in [0.717, 1.165) is 16.7 Å². The number of anilines is 1. The number of nitrogens with one attached hydrogen (secondary N) is 1. The van der Waals surface area contributed by atoms with Gasteiger partial charge in [0.2, 0.25) is 0 Å². The number of benzene rings is 4. The Bertz CT molecular complexity index is 1330. The fourth-order valence-electron chi connectivity index (χ4n) is 3.93. The highest BCUT2D eigenvalue weighted by atomic mass is 35.5. The molecule has 0 saturated carbocycles. The van der Waals surface area contributed by atoms with Gasteiger partial charge in [-0.25, -0.2) is 4.79 Å². The van der Waals surface area contributed by atoms with Gasteiger partial charge in [-0.3, -0.25) is 0 Å². The van der Waals surface area contributed by atoms with Crippen LogP contribution in [-0.4, -0.2) is 18.0 Å². The minimum absolute atomic E-state index is 0.209. The van der Waals surface area contributed by atoms with Gasteiger partial charge in [-0.1, -0.05) is 89.9 Å². The van der Waals surface area contributed by atoms with Crippen LogP contribution in [0.15, 0.2) is 97.1 Å². The third kappa shape index (κ3) is 6.97. The lowest BCUT2D eigenvalue weighted by Crippen LogP contribution is -2.36. The van der Waals surface area contributed by atoms with Crippen LogP contribution in [0.5, 0.6) is 11.5 Å². The number of methoxy groups -OCH3 is 1. The van der Waals surface area contributed by atoms with E-state index in [1.807, 2.05) is 85.8 Å². The molecule has 0 aliphatic carbocycles. The Hall–Kier alpha value is -3.67. The number of carbonyl (C=O) groups is 1.